The summed E-state index contributed by atoms with van der Waals surface area (Å²) in [6.45, 7) is 1.95. The predicted octanol–water partition coefficient (Wildman–Crippen LogP) is 4.28. The number of aryl methyl sites for hydroxylation is 1. The highest BCUT2D eigenvalue weighted by Crippen LogP contribution is 2.35. The highest BCUT2D eigenvalue weighted by molar-refractivity contribution is 8.16. The largest absolute Gasteiger partial charge is 0.326 e. The summed E-state index contributed by atoms with van der Waals surface area (Å²) in [7, 11) is -3.98. The average Bonchev–Trinajstić information content (AvgIpc) is 3.40. The predicted molar refractivity (Wildman–Crippen MR) is 129 cm³/mol. The molecule has 1 N–H and O–H groups in total. The number of nitrogens with one attached hydrogen (secondary N) is 1. The Bertz CT molecular complexity index is 1260. The van der Waals surface area contributed by atoms with Crippen LogP contribution in [0.1, 0.15) is 12.0 Å². The Morgan fingerprint density at radius 1 is 1.06 bits per heavy atom. The third-order valence-corrected chi connectivity index (χ3v) is 8.50. The number of carbonyl (C=O) groups excluding carboxylic acids is 2. The number of carbonyl (C=O) groups is 2. The molecule has 0 spiro atoms. The first-order chi connectivity index (χ1) is 15.3. The van der Waals surface area contributed by atoms with Gasteiger partial charge in [-0.2, -0.15) is 8.42 Å². The molecule has 4 rings (SSSR count). The zero-order valence-electron chi connectivity index (χ0n) is 17.0. The molecule has 1 aliphatic rings. The number of amidine groups is 1. The summed E-state index contributed by atoms with van der Waals surface area (Å²) >= 11 is 2.03. The Morgan fingerprint density at radius 2 is 1.78 bits per heavy atom. The third-order valence-electron chi connectivity index (χ3n) is 4.60. The zero-order chi connectivity index (χ0) is 22.7. The lowest BCUT2D eigenvalue weighted by atomic mass is 10.2. The van der Waals surface area contributed by atoms with E-state index in [1.165, 1.54) is 11.0 Å². The minimum Gasteiger partial charge on any atom is -0.326 e. The van der Waals surface area contributed by atoms with E-state index in [2.05, 4.69) is 9.71 Å². The number of anilines is 2. The molecule has 164 valence electrons. The lowest BCUT2D eigenvalue weighted by molar-refractivity contribution is -0.121. The first kappa shape index (κ1) is 22.3. The van der Waals surface area contributed by atoms with Crippen LogP contribution in [0, 0.1) is 6.92 Å². The molecular formula is C22H19N3O4S3. The van der Waals surface area contributed by atoms with E-state index in [0.29, 0.717) is 11.4 Å². The van der Waals surface area contributed by atoms with Crippen molar-refractivity contribution in [3.05, 3.63) is 77.7 Å². The van der Waals surface area contributed by atoms with Crippen LogP contribution in [0.5, 0.6) is 0 Å². The number of rotatable bonds is 6. The van der Waals surface area contributed by atoms with Gasteiger partial charge in [-0.25, -0.2) is 0 Å². The zero-order valence-corrected chi connectivity index (χ0v) is 19.4. The third kappa shape index (κ3) is 4.93. The van der Waals surface area contributed by atoms with Gasteiger partial charge in [-0.3, -0.25) is 14.5 Å². The SMILES string of the molecule is Cc1ccc(NC(=O)C[C@H]2SC(=NS(=O)(=O)c3cccs3)N(c3ccccc3)C2=O)cc1. The van der Waals surface area contributed by atoms with Crippen molar-refractivity contribution < 1.29 is 18.0 Å². The number of sulfonamides is 1. The molecular weight excluding hydrogens is 466 g/mol. The number of nitrogens with zero attached hydrogens (tertiary/aromatic N) is 2. The van der Waals surface area contributed by atoms with E-state index in [1.54, 1.807) is 53.9 Å². The summed E-state index contributed by atoms with van der Waals surface area (Å²) in [5, 5.41) is 3.66. The van der Waals surface area contributed by atoms with Crippen LogP contribution in [0.4, 0.5) is 11.4 Å². The first-order valence-corrected chi connectivity index (χ1v) is 12.8. The van der Waals surface area contributed by atoms with Crippen molar-refractivity contribution in [3.63, 3.8) is 0 Å². The van der Waals surface area contributed by atoms with Crippen molar-refractivity contribution in [2.45, 2.75) is 22.8 Å². The van der Waals surface area contributed by atoms with Crippen molar-refractivity contribution in [2.75, 3.05) is 10.2 Å². The molecule has 2 amide bonds. The minimum absolute atomic E-state index is 0.0303. The lowest BCUT2D eigenvalue weighted by Crippen LogP contribution is -2.33. The summed E-state index contributed by atoms with van der Waals surface area (Å²) in [6.07, 6.45) is -0.112. The number of thioether (sulfide) groups is 1. The lowest BCUT2D eigenvalue weighted by Gasteiger charge is -2.16. The molecule has 32 heavy (non-hydrogen) atoms. The van der Waals surface area contributed by atoms with Crippen LogP contribution < -0.4 is 10.2 Å². The van der Waals surface area contributed by atoms with Crippen LogP contribution >= 0.6 is 23.1 Å². The first-order valence-electron chi connectivity index (χ1n) is 9.64. The van der Waals surface area contributed by atoms with Crippen LogP contribution in [-0.2, 0) is 19.6 Å². The van der Waals surface area contributed by atoms with Crippen LogP contribution in [0.2, 0.25) is 0 Å². The summed E-state index contributed by atoms with van der Waals surface area (Å²) in [5.74, 6) is -0.726. The number of benzene rings is 2. The van der Waals surface area contributed by atoms with E-state index in [4.69, 9.17) is 0 Å². The fourth-order valence-electron chi connectivity index (χ4n) is 3.05. The van der Waals surface area contributed by atoms with E-state index in [1.807, 2.05) is 19.1 Å². The molecule has 1 saturated heterocycles. The van der Waals surface area contributed by atoms with E-state index < -0.39 is 15.3 Å². The Kier molecular flexibility index (Phi) is 6.45. The normalized spacial score (nSPS) is 17.7. The van der Waals surface area contributed by atoms with Gasteiger partial charge in [0.15, 0.2) is 5.17 Å². The molecule has 10 heteroatoms. The second-order valence-electron chi connectivity index (χ2n) is 7.02. The number of para-hydroxylation sites is 1. The van der Waals surface area contributed by atoms with Crippen molar-refractivity contribution in [2.24, 2.45) is 4.40 Å². The number of hydrogen-bond donors (Lipinski definition) is 1. The van der Waals surface area contributed by atoms with Gasteiger partial charge in [-0.1, -0.05) is 53.7 Å². The second-order valence-corrected chi connectivity index (χ2v) is 11.0. The Hall–Kier alpha value is -2.95. The van der Waals surface area contributed by atoms with Crippen LogP contribution in [0.15, 0.2) is 80.7 Å². The Morgan fingerprint density at radius 3 is 2.44 bits per heavy atom. The van der Waals surface area contributed by atoms with Gasteiger partial charge >= 0.3 is 0 Å². The molecule has 1 atom stereocenters. The van der Waals surface area contributed by atoms with Crippen LogP contribution in [-0.4, -0.2) is 30.6 Å². The van der Waals surface area contributed by atoms with Crippen LogP contribution in [0.25, 0.3) is 0 Å². The maximum atomic E-state index is 13.2. The fraction of sp³-hybridized carbons (Fsp3) is 0.136. The standard InChI is InChI=1S/C22H19N3O4S3/c1-15-9-11-16(12-10-15)23-19(26)14-18-21(27)25(17-6-3-2-4-7-17)22(31-18)24-32(28,29)20-8-5-13-30-20/h2-13,18H,14H2,1H3,(H,23,26)/t18-/m1/s1. The molecule has 1 aliphatic heterocycles. The molecule has 0 unspecified atom stereocenters. The number of hydrogen-bond acceptors (Lipinski definition) is 6. The van der Waals surface area contributed by atoms with Crippen molar-refractivity contribution >= 4 is 61.5 Å². The van der Waals surface area contributed by atoms with Gasteiger partial charge in [0.25, 0.3) is 10.0 Å². The van der Waals surface area contributed by atoms with Crippen molar-refractivity contribution in [1.29, 1.82) is 0 Å². The quantitative estimate of drug-likeness (QED) is 0.562. The topological polar surface area (TPSA) is 95.9 Å². The summed E-state index contributed by atoms with van der Waals surface area (Å²) < 4.78 is 29.5. The number of thiophene rings is 1. The average molecular weight is 486 g/mol. The van der Waals surface area contributed by atoms with Gasteiger partial charge < -0.3 is 5.32 Å². The molecule has 1 fully saturated rings. The molecule has 0 saturated carbocycles. The van der Waals surface area contributed by atoms with E-state index >= 15 is 0 Å². The van der Waals surface area contributed by atoms with Gasteiger partial charge in [-0.15, -0.1) is 15.7 Å². The molecule has 0 radical (unpaired) electrons. The molecule has 0 aliphatic carbocycles. The second kappa shape index (κ2) is 9.27. The summed E-state index contributed by atoms with van der Waals surface area (Å²) in [4.78, 5) is 27.0. The summed E-state index contributed by atoms with van der Waals surface area (Å²) in [6, 6.07) is 19.1. The Balaban J connectivity index is 1.60. The fourth-order valence-corrected chi connectivity index (χ4v) is 6.35. The molecule has 3 aromatic rings. The maximum absolute atomic E-state index is 13.2. The van der Waals surface area contributed by atoms with E-state index in [0.717, 1.165) is 28.7 Å². The molecule has 7 nitrogen and oxygen atoms in total. The number of amides is 2. The molecule has 2 heterocycles. The van der Waals surface area contributed by atoms with E-state index in [9.17, 15) is 18.0 Å². The van der Waals surface area contributed by atoms with Gasteiger partial charge in [0.2, 0.25) is 11.8 Å². The van der Waals surface area contributed by atoms with E-state index in [-0.39, 0.29) is 27.6 Å². The highest BCUT2D eigenvalue weighted by Gasteiger charge is 2.41. The Labute approximate surface area is 194 Å². The van der Waals surface area contributed by atoms with Gasteiger partial charge in [0.1, 0.15) is 9.46 Å². The van der Waals surface area contributed by atoms with Crippen molar-refractivity contribution in [1.82, 2.24) is 0 Å². The van der Waals surface area contributed by atoms with Gasteiger partial charge in [-0.05, 0) is 42.6 Å². The monoisotopic (exact) mass is 485 g/mol. The molecule has 1 aromatic heterocycles. The van der Waals surface area contributed by atoms with Gasteiger partial charge in [0.05, 0.1) is 5.69 Å². The van der Waals surface area contributed by atoms with Gasteiger partial charge in [0, 0.05) is 12.1 Å². The summed E-state index contributed by atoms with van der Waals surface area (Å²) in [5.41, 5.74) is 2.19. The maximum Gasteiger partial charge on any atom is 0.294 e. The highest BCUT2D eigenvalue weighted by atomic mass is 32.2. The van der Waals surface area contributed by atoms with Crippen molar-refractivity contribution in [3.8, 4) is 0 Å². The molecule has 0 bridgehead atoms. The molecule has 2 aromatic carbocycles. The minimum atomic E-state index is -3.98. The van der Waals surface area contributed by atoms with Crippen LogP contribution in [0.3, 0.4) is 0 Å². The smallest absolute Gasteiger partial charge is 0.294 e.